The monoisotopic (exact) mass is 306 g/mol. The zero-order valence-corrected chi connectivity index (χ0v) is 12.9. The van der Waals surface area contributed by atoms with Crippen LogP contribution in [0.1, 0.15) is 22.4 Å². The van der Waals surface area contributed by atoms with Gasteiger partial charge >= 0.3 is 0 Å². The van der Waals surface area contributed by atoms with Crippen LogP contribution >= 0.6 is 23.8 Å². The molecule has 0 radical (unpaired) electrons. The molecule has 0 unspecified atom stereocenters. The van der Waals surface area contributed by atoms with Gasteiger partial charge in [-0.05, 0) is 54.8 Å². The number of hydrogen-bond acceptors (Lipinski definition) is 3. The molecule has 3 nitrogen and oxygen atoms in total. The second-order valence-electron chi connectivity index (χ2n) is 4.57. The highest BCUT2D eigenvalue weighted by molar-refractivity contribution is 7.80. The molecule has 104 valence electrons. The van der Waals surface area contributed by atoms with Crippen molar-refractivity contribution in [2.24, 2.45) is 5.73 Å². The molecule has 0 aliphatic carbocycles. The van der Waals surface area contributed by atoms with Gasteiger partial charge in [0.15, 0.2) is 0 Å². The molecule has 0 saturated carbocycles. The number of thiocarbonyl (C=S) groups is 1. The number of hydrogen-bond donors (Lipinski definition) is 1. The summed E-state index contributed by atoms with van der Waals surface area (Å²) < 4.78 is 5.77. The molecule has 0 saturated heterocycles. The van der Waals surface area contributed by atoms with Crippen LogP contribution in [-0.4, -0.2) is 9.97 Å². The van der Waals surface area contributed by atoms with Crippen LogP contribution in [0.5, 0.6) is 5.75 Å². The molecule has 20 heavy (non-hydrogen) atoms. The predicted molar refractivity (Wildman–Crippen MR) is 85.4 cm³/mol. The molecule has 0 aliphatic heterocycles. The van der Waals surface area contributed by atoms with E-state index in [1.54, 1.807) is 6.20 Å². The zero-order chi connectivity index (χ0) is 14.7. The Hall–Kier alpha value is -1.65. The molecule has 1 aromatic heterocycles. The second-order valence-corrected chi connectivity index (χ2v) is 5.39. The molecule has 0 spiro atoms. The van der Waals surface area contributed by atoms with Crippen molar-refractivity contribution >= 4 is 28.8 Å². The van der Waals surface area contributed by atoms with Crippen molar-refractivity contribution < 1.29 is 4.74 Å². The van der Waals surface area contributed by atoms with Gasteiger partial charge in [0.2, 0.25) is 0 Å². The Balaban J connectivity index is 2.13. The Morgan fingerprint density at radius 2 is 1.95 bits per heavy atom. The maximum atomic E-state index is 6.13. The van der Waals surface area contributed by atoms with Gasteiger partial charge in [-0.3, -0.25) is 4.98 Å². The van der Waals surface area contributed by atoms with Crippen molar-refractivity contribution in [3.05, 3.63) is 57.9 Å². The molecular formula is C15H15ClN2OS. The first kappa shape index (κ1) is 14.8. The quantitative estimate of drug-likeness (QED) is 0.877. The van der Waals surface area contributed by atoms with E-state index in [9.17, 15) is 0 Å². The molecule has 0 fully saturated rings. The molecular weight excluding hydrogens is 292 g/mol. The molecule has 5 heteroatoms. The molecule has 1 heterocycles. The van der Waals surface area contributed by atoms with E-state index in [-0.39, 0.29) is 4.99 Å². The number of aromatic nitrogens is 1. The summed E-state index contributed by atoms with van der Waals surface area (Å²) in [5, 5.41) is 0.775. The molecule has 2 rings (SSSR count). The Morgan fingerprint density at radius 1 is 1.30 bits per heavy atom. The highest BCUT2D eigenvalue weighted by Gasteiger charge is 2.05. The molecule has 0 amide bonds. The number of nitrogens with two attached hydrogens (primary N) is 1. The van der Waals surface area contributed by atoms with Gasteiger partial charge in [0.05, 0.1) is 5.69 Å². The number of aryl methyl sites for hydroxylation is 2. The van der Waals surface area contributed by atoms with E-state index in [0.717, 1.165) is 27.5 Å². The lowest BCUT2D eigenvalue weighted by Crippen LogP contribution is -2.12. The molecule has 0 aliphatic rings. The average Bonchev–Trinajstić information content (AvgIpc) is 2.42. The number of pyridine rings is 1. The largest absolute Gasteiger partial charge is 0.489 e. The highest BCUT2D eigenvalue weighted by Crippen LogP contribution is 2.26. The van der Waals surface area contributed by atoms with Crippen molar-refractivity contribution in [3.8, 4) is 5.75 Å². The summed E-state index contributed by atoms with van der Waals surface area (Å²) in [5.41, 5.74) is 9.13. The maximum Gasteiger partial charge on any atom is 0.122 e. The molecule has 1 aromatic carbocycles. The summed E-state index contributed by atoms with van der Waals surface area (Å²) in [4.78, 5) is 4.38. The fourth-order valence-corrected chi connectivity index (χ4v) is 2.08. The first-order valence-electron chi connectivity index (χ1n) is 6.11. The minimum atomic E-state index is 0.282. The average molecular weight is 307 g/mol. The first-order chi connectivity index (χ1) is 9.47. The van der Waals surface area contributed by atoms with Crippen LogP contribution < -0.4 is 10.5 Å². The third kappa shape index (κ3) is 3.46. The van der Waals surface area contributed by atoms with Crippen molar-refractivity contribution in [1.82, 2.24) is 4.98 Å². The summed E-state index contributed by atoms with van der Waals surface area (Å²) in [6.07, 6.45) is 1.67. The van der Waals surface area contributed by atoms with E-state index < -0.39 is 0 Å². The minimum absolute atomic E-state index is 0.282. The summed E-state index contributed by atoms with van der Waals surface area (Å²) in [6.45, 7) is 4.35. The highest BCUT2D eigenvalue weighted by atomic mass is 35.5. The standard InChI is InChI=1S/C15H15ClN2OS/c1-9-5-12(6-10(2)14(9)16)19-8-11-3-4-18-13(7-11)15(17)20/h3-7H,8H2,1-2H3,(H2,17,20). The Bertz CT molecular complexity index is 635. The van der Waals surface area contributed by atoms with Gasteiger partial charge in [-0.15, -0.1) is 0 Å². The topological polar surface area (TPSA) is 48.1 Å². The lowest BCUT2D eigenvalue weighted by atomic mass is 10.1. The SMILES string of the molecule is Cc1cc(OCc2ccnc(C(N)=S)c2)cc(C)c1Cl. The lowest BCUT2D eigenvalue weighted by Gasteiger charge is -2.10. The Kier molecular flexibility index (Phi) is 4.57. The molecule has 0 atom stereocenters. The van der Waals surface area contributed by atoms with E-state index in [1.165, 1.54) is 0 Å². The van der Waals surface area contributed by atoms with E-state index >= 15 is 0 Å². The van der Waals surface area contributed by atoms with E-state index in [0.29, 0.717) is 12.3 Å². The third-order valence-electron chi connectivity index (χ3n) is 2.89. The molecule has 0 bridgehead atoms. The number of ether oxygens (including phenoxy) is 1. The maximum absolute atomic E-state index is 6.13. The summed E-state index contributed by atoms with van der Waals surface area (Å²) in [5.74, 6) is 0.790. The fourth-order valence-electron chi connectivity index (χ4n) is 1.85. The van der Waals surface area contributed by atoms with Crippen LogP contribution in [0.4, 0.5) is 0 Å². The molecule has 2 N–H and O–H groups in total. The number of halogens is 1. The lowest BCUT2D eigenvalue weighted by molar-refractivity contribution is 0.305. The predicted octanol–water partition coefficient (Wildman–Crippen LogP) is 3.57. The van der Waals surface area contributed by atoms with Crippen molar-refractivity contribution in [1.29, 1.82) is 0 Å². The van der Waals surface area contributed by atoms with Crippen LogP contribution in [0, 0.1) is 13.8 Å². The normalized spacial score (nSPS) is 10.3. The van der Waals surface area contributed by atoms with Gasteiger partial charge in [0.25, 0.3) is 0 Å². The fraction of sp³-hybridized carbons (Fsp3) is 0.200. The van der Waals surface area contributed by atoms with Crippen molar-refractivity contribution in [2.75, 3.05) is 0 Å². The third-order valence-corrected chi connectivity index (χ3v) is 3.70. The van der Waals surface area contributed by atoms with Gasteiger partial charge < -0.3 is 10.5 Å². The van der Waals surface area contributed by atoms with Crippen LogP contribution in [0.25, 0.3) is 0 Å². The van der Waals surface area contributed by atoms with Gasteiger partial charge in [-0.25, -0.2) is 0 Å². The second kappa shape index (κ2) is 6.20. The van der Waals surface area contributed by atoms with Crippen molar-refractivity contribution in [2.45, 2.75) is 20.5 Å². The van der Waals surface area contributed by atoms with Crippen LogP contribution in [0.15, 0.2) is 30.5 Å². The van der Waals surface area contributed by atoms with E-state index in [2.05, 4.69) is 4.98 Å². The van der Waals surface area contributed by atoms with E-state index in [1.807, 2.05) is 38.1 Å². The van der Waals surface area contributed by atoms with Crippen molar-refractivity contribution in [3.63, 3.8) is 0 Å². The van der Waals surface area contributed by atoms with Gasteiger partial charge in [-0.2, -0.15) is 0 Å². The first-order valence-corrected chi connectivity index (χ1v) is 6.90. The Labute approximate surface area is 128 Å². The van der Waals surface area contributed by atoms with Gasteiger partial charge in [-0.1, -0.05) is 23.8 Å². The summed E-state index contributed by atoms with van der Waals surface area (Å²) >= 11 is 11.0. The Morgan fingerprint density at radius 3 is 2.55 bits per heavy atom. The van der Waals surface area contributed by atoms with Crippen LogP contribution in [0.2, 0.25) is 5.02 Å². The smallest absolute Gasteiger partial charge is 0.122 e. The van der Waals surface area contributed by atoms with Gasteiger partial charge in [0.1, 0.15) is 17.3 Å². The van der Waals surface area contributed by atoms with Crippen LogP contribution in [0.3, 0.4) is 0 Å². The summed E-state index contributed by atoms with van der Waals surface area (Å²) in [7, 11) is 0. The zero-order valence-electron chi connectivity index (χ0n) is 11.3. The van der Waals surface area contributed by atoms with E-state index in [4.69, 9.17) is 34.3 Å². The number of benzene rings is 1. The summed E-state index contributed by atoms with van der Waals surface area (Å²) in [6, 6.07) is 7.55. The number of rotatable bonds is 4. The minimum Gasteiger partial charge on any atom is -0.489 e. The van der Waals surface area contributed by atoms with Gasteiger partial charge in [0, 0.05) is 11.2 Å². The number of nitrogens with zero attached hydrogens (tertiary/aromatic N) is 1. The molecule has 2 aromatic rings. The van der Waals surface area contributed by atoms with Crippen LogP contribution in [-0.2, 0) is 6.61 Å².